The molecule has 2 heteroatoms. The second-order valence-electron chi connectivity index (χ2n) is 3.24. The van der Waals surface area contributed by atoms with Crippen LogP contribution in [0.15, 0.2) is 0 Å². The second kappa shape index (κ2) is 8.13. The monoisotopic (exact) mass is 339 g/mol. The molecule has 0 spiro atoms. The van der Waals surface area contributed by atoms with Crippen molar-refractivity contribution >= 4 is 4.02 Å². The third-order valence-corrected chi connectivity index (χ3v) is 4.09. The van der Waals surface area contributed by atoms with E-state index in [-0.39, 0.29) is 0 Å². The zero-order valence-electron chi connectivity index (χ0n) is 8.52. The molecule has 0 aromatic rings. The van der Waals surface area contributed by atoms with Crippen LogP contribution in [-0.4, -0.2) is 11.1 Å². The maximum atomic E-state index is 3.31. The summed E-state index contributed by atoms with van der Waals surface area (Å²) in [5, 5.41) is 3.31. The zero-order chi connectivity index (χ0) is 9.40. The van der Waals surface area contributed by atoms with E-state index in [2.05, 4.69) is 26.2 Å². The Morgan fingerprint density at radius 3 is 2.33 bits per heavy atom. The second-order valence-corrected chi connectivity index (χ2v) is 4.82. The Morgan fingerprint density at radius 2 is 1.92 bits per heavy atom. The Hall–Kier alpha value is 0.518. The molecule has 1 N–H and O–H groups in total. The van der Waals surface area contributed by atoms with Crippen LogP contribution in [0, 0.1) is 5.92 Å². The van der Waals surface area contributed by atoms with Crippen molar-refractivity contribution in [3.63, 3.8) is 0 Å². The molecule has 1 unspecified atom stereocenters. The van der Waals surface area contributed by atoms with Crippen LogP contribution in [0.3, 0.4) is 0 Å². The molecule has 12 heavy (non-hydrogen) atoms. The van der Waals surface area contributed by atoms with Gasteiger partial charge in [-0.1, -0.05) is 0 Å². The van der Waals surface area contributed by atoms with Gasteiger partial charge < -0.3 is 0 Å². The van der Waals surface area contributed by atoms with Crippen LogP contribution >= 0.6 is 0 Å². The van der Waals surface area contributed by atoms with Gasteiger partial charge in [0, 0.05) is 0 Å². The fraction of sp³-hybridized carbons (Fsp3) is 0.900. The molecule has 72 valence electrons. The number of rotatable bonds is 7. The van der Waals surface area contributed by atoms with Crippen molar-refractivity contribution in [3.8, 4) is 0 Å². The first-order valence-electron chi connectivity index (χ1n) is 4.97. The van der Waals surface area contributed by atoms with E-state index in [0.29, 0.717) is 0 Å². The molecule has 0 bridgehead atoms. The van der Waals surface area contributed by atoms with E-state index >= 15 is 0 Å². The van der Waals surface area contributed by atoms with Gasteiger partial charge in [-0.25, -0.2) is 0 Å². The molecule has 0 amide bonds. The van der Waals surface area contributed by atoms with Gasteiger partial charge in [0.25, 0.3) is 0 Å². The molecule has 0 saturated carbocycles. The molecule has 0 fully saturated rings. The van der Waals surface area contributed by atoms with Crippen LogP contribution in [0.2, 0.25) is 0 Å². The van der Waals surface area contributed by atoms with Gasteiger partial charge in [0.15, 0.2) is 0 Å². The Kier molecular flexibility index (Phi) is 8.48. The number of hydrogen-bond acceptors (Lipinski definition) is 1. The fourth-order valence-corrected chi connectivity index (χ4v) is 2.26. The predicted octanol–water partition coefficient (Wildman–Crippen LogP) is 2.49. The SMILES string of the molecule is CCCCC(CCC)[C](=[W])NC. The van der Waals surface area contributed by atoms with Crippen LogP contribution in [0.4, 0.5) is 0 Å². The fourth-order valence-electron chi connectivity index (χ4n) is 1.41. The van der Waals surface area contributed by atoms with Gasteiger partial charge in [0.1, 0.15) is 0 Å². The van der Waals surface area contributed by atoms with Crippen LogP contribution in [-0.2, 0) is 19.4 Å². The van der Waals surface area contributed by atoms with E-state index in [0.717, 1.165) is 5.92 Å². The molecule has 0 radical (unpaired) electrons. The summed E-state index contributed by atoms with van der Waals surface area (Å²) in [4.78, 5) is 0. The van der Waals surface area contributed by atoms with Gasteiger partial charge in [0.05, 0.1) is 0 Å². The molecule has 1 nitrogen and oxygen atoms in total. The average Bonchev–Trinajstić information content (AvgIpc) is 2.11. The first-order valence-corrected chi connectivity index (χ1v) is 6.44. The Morgan fingerprint density at radius 1 is 1.25 bits per heavy atom. The van der Waals surface area contributed by atoms with Crippen molar-refractivity contribution in [3.05, 3.63) is 0 Å². The molecule has 1 atom stereocenters. The molecule has 0 aliphatic heterocycles. The van der Waals surface area contributed by atoms with Crippen LogP contribution in [0.5, 0.6) is 0 Å². The number of hydrogen-bond donors (Lipinski definition) is 1. The summed E-state index contributed by atoms with van der Waals surface area (Å²) in [5.74, 6) is 0.843. The summed E-state index contributed by atoms with van der Waals surface area (Å²) in [6.07, 6.45) is 6.76. The molecule has 0 aromatic carbocycles. The minimum absolute atomic E-state index is 0.843. The van der Waals surface area contributed by atoms with Crippen molar-refractivity contribution in [2.24, 2.45) is 5.92 Å². The molecule has 0 heterocycles. The van der Waals surface area contributed by atoms with Gasteiger partial charge in [-0.2, -0.15) is 0 Å². The van der Waals surface area contributed by atoms with Crippen molar-refractivity contribution in [2.45, 2.75) is 46.0 Å². The predicted molar refractivity (Wildman–Crippen MR) is 52.0 cm³/mol. The summed E-state index contributed by atoms with van der Waals surface area (Å²) < 4.78 is 1.55. The van der Waals surface area contributed by atoms with Gasteiger partial charge in [-0.05, 0) is 0 Å². The van der Waals surface area contributed by atoms with Crippen LogP contribution in [0.1, 0.15) is 46.0 Å². The maximum absolute atomic E-state index is 3.31. The minimum atomic E-state index is 0.843. The van der Waals surface area contributed by atoms with E-state index < -0.39 is 0 Å². The van der Waals surface area contributed by atoms with Crippen LogP contribution in [0.25, 0.3) is 0 Å². The summed E-state index contributed by atoms with van der Waals surface area (Å²) in [6, 6.07) is 0. The number of nitrogens with one attached hydrogen (secondary N) is 1. The van der Waals surface area contributed by atoms with Crippen LogP contribution < -0.4 is 5.32 Å². The molecular formula is C10H21NW. The van der Waals surface area contributed by atoms with Crippen molar-refractivity contribution in [1.29, 1.82) is 0 Å². The zero-order valence-corrected chi connectivity index (χ0v) is 11.5. The standard InChI is InChI=1S/C10H21N.W/c1-4-6-8-10(7-5-2)9-11-3;/h10-11H,4-8H2,1-3H3;. The van der Waals surface area contributed by atoms with E-state index in [1.807, 2.05) is 0 Å². The van der Waals surface area contributed by atoms with Gasteiger partial charge in [0.2, 0.25) is 0 Å². The average molecular weight is 339 g/mol. The Labute approximate surface area is 87.7 Å². The normalized spacial score (nSPS) is 12.9. The van der Waals surface area contributed by atoms with E-state index in [9.17, 15) is 0 Å². The number of unbranched alkanes of at least 4 members (excludes halogenated alkanes) is 1. The molecule has 0 aliphatic rings. The first-order chi connectivity index (χ1) is 5.76. The quantitative estimate of drug-likeness (QED) is 0.752. The Balaban J connectivity index is 3.76. The first kappa shape index (κ1) is 12.5. The van der Waals surface area contributed by atoms with Gasteiger partial charge in [-0.3, -0.25) is 0 Å². The third-order valence-electron chi connectivity index (χ3n) is 2.16. The van der Waals surface area contributed by atoms with E-state index in [4.69, 9.17) is 0 Å². The van der Waals surface area contributed by atoms with Crippen molar-refractivity contribution in [1.82, 2.24) is 5.32 Å². The Bertz CT molecular complexity index is 123. The van der Waals surface area contributed by atoms with E-state index in [1.165, 1.54) is 32.1 Å². The summed E-state index contributed by atoms with van der Waals surface area (Å²) in [7, 11) is 2.05. The molecule has 0 saturated heterocycles. The van der Waals surface area contributed by atoms with Gasteiger partial charge >= 0.3 is 87.6 Å². The third kappa shape index (κ3) is 5.21. The summed E-state index contributed by atoms with van der Waals surface area (Å²) in [6.45, 7) is 4.54. The van der Waals surface area contributed by atoms with Crippen molar-refractivity contribution in [2.75, 3.05) is 7.05 Å². The molecule has 0 aliphatic carbocycles. The van der Waals surface area contributed by atoms with Crippen molar-refractivity contribution < 1.29 is 19.4 Å². The molecule has 0 rings (SSSR count). The summed E-state index contributed by atoms with van der Waals surface area (Å²) in [5.41, 5.74) is 0. The van der Waals surface area contributed by atoms with Gasteiger partial charge in [-0.15, -0.1) is 0 Å². The summed E-state index contributed by atoms with van der Waals surface area (Å²) >= 11 is 1.61. The topological polar surface area (TPSA) is 12.0 Å². The van der Waals surface area contributed by atoms with E-state index in [1.54, 1.807) is 23.4 Å². The molecular weight excluding hydrogens is 318 g/mol. The molecule has 0 aromatic heterocycles.